The average molecular weight is 219 g/mol. The van der Waals surface area contributed by atoms with E-state index in [0.717, 1.165) is 0 Å². The molecule has 0 radical (unpaired) electrons. The van der Waals surface area contributed by atoms with Crippen molar-refractivity contribution >= 4 is 19.7 Å². The van der Waals surface area contributed by atoms with Crippen molar-refractivity contribution in [2.75, 3.05) is 6.67 Å². The highest BCUT2D eigenvalue weighted by molar-refractivity contribution is 8.15. The normalized spacial score (nSPS) is 23.6. The summed E-state index contributed by atoms with van der Waals surface area (Å²) in [5, 5.41) is 0. The first-order chi connectivity index (χ1) is 5.41. The maximum atomic E-state index is 12.5. The van der Waals surface area contributed by atoms with Crippen LogP contribution >= 0.6 is 10.7 Å². The lowest BCUT2D eigenvalue weighted by Gasteiger charge is -2.11. The van der Waals surface area contributed by atoms with E-state index in [1.165, 1.54) is 0 Å². The second-order valence-electron chi connectivity index (χ2n) is 3.08. The molecule has 1 rings (SSSR count). The lowest BCUT2D eigenvalue weighted by Crippen LogP contribution is -2.23. The smallest absolute Gasteiger partial charge is 0.238 e. The van der Waals surface area contributed by atoms with Crippen molar-refractivity contribution in [3.63, 3.8) is 0 Å². The topological polar surface area (TPSA) is 34.1 Å². The van der Waals surface area contributed by atoms with Gasteiger partial charge in [0.15, 0.2) is 0 Å². The minimum atomic E-state index is -3.73. The Hall–Kier alpha value is 0.1000. The molecule has 1 aliphatic carbocycles. The minimum Gasteiger partial charge on any atom is -0.248 e. The van der Waals surface area contributed by atoms with E-state index in [1.807, 2.05) is 0 Å². The van der Waals surface area contributed by atoms with E-state index in [9.17, 15) is 17.2 Å². The molecule has 1 aliphatic rings. The van der Waals surface area contributed by atoms with Crippen LogP contribution in [-0.4, -0.2) is 26.0 Å². The summed E-state index contributed by atoms with van der Waals surface area (Å²) in [6, 6.07) is 0. The molecule has 1 atom stereocenters. The zero-order valence-corrected chi connectivity index (χ0v) is 7.84. The van der Waals surface area contributed by atoms with Gasteiger partial charge in [-0.3, -0.25) is 0 Å². The van der Waals surface area contributed by atoms with Gasteiger partial charge in [0.2, 0.25) is 9.05 Å². The number of hydrogen-bond donors (Lipinski definition) is 0. The molecule has 0 amide bonds. The van der Waals surface area contributed by atoms with E-state index in [2.05, 4.69) is 0 Å². The van der Waals surface area contributed by atoms with Crippen LogP contribution in [-0.2, 0) is 9.05 Å². The van der Waals surface area contributed by atoms with Gasteiger partial charge in [-0.2, -0.15) is 0 Å². The number of hydrogen-bond acceptors (Lipinski definition) is 2. The summed E-state index contributed by atoms with van der Waals surface area (Å²) in [6.45, 7) is -1.14. The van der Waals surface area contributed by atoms with Crippen LogP contribution < -0.4 is 0 Å². The van der Waals surface area contributed by atoms with Crippen LogP contribution in [0.2, 0.25) is 0 Å². The van der Waals surface area contributed by atoms with Crippen molar-refractivity contribution in [2.45, 2.75) is 30.2 Å². The number of alkyl halides is 2. The fraction of sp³-hybridized carbons (Fsp3) is 1.00. The molecule has 1 fully saturated rings. The van der Waals surface area contributed by atoms with Crippen molar-refractivity contribution < 1.29 is 17.2 Å². The van der Waals surface area contributed by atoms with Crippen LogP contribution in [0, 0.1) is 0 Å². The number of halogens is 3. The largest absolute Gasteiger partial charge is 0.248 e. The molecule has 0 bridgehead atoms. The molecule has 1 unspecified atom stereocenters. The van der Waals surface area contributed by atoms with Crippen molar-refractivity contribution in [1.82, 2.24) is 0 Å². The number of rotatable bonds is 4. The van der Waals surface area contributed by atoms with E-state index < -0.39 is 26.6 Å². The highest BCUT2D eigenvalue weighted by Gasteiger charge is 2.54. The summed E-state index contributed by atoms with van der Waals surface area (Å²) in [5.41, 5.74) is 0. The first kappa shape index (κ1) is 10.2. The summed E-state index contributed by atoms with van der Waals surface area (Å²) in [7, 11) is 1.34. The fourth-order valence-electron chi connectivity index (χ4n) is 1.15. The molecule has 0 heterocycles. The summed E-state index contributed by atoms with van der Waals surface area (Å²) >= 11 is 0. The van der Waals surface area contributed by atoms with Gasteiger partial charge in [-0.1, -0.05) is 0 Å². The molecule has 1 saturated carbocycles. The maximum absolute atomic E-state index is 12.5. The second-order valence-corrected chi connectivity index (χ2v) is 6.04. The Labute approximate surface area is 74.3 Å². The molecule has 12 heavy (non-hydrogen) atoms. The van der Waals surface area contributed by atoms with Crippen molar-refractivity contribution in [3.05, 3.63) is 0 Å². The molecule has 0 N–H and O–H groups in total. The minimum absolute atomic E-state index is 0.310. The maximum Gasteiger partial charge on any atom is 0.238 e. The molecule has 2 nitrogen and oxygen atoms in total. The molecule has 0 aromatic carbocycles. The average Bonchev–Trinajstić information content (AvgIpc) is 2.67. The fourth-order valence-corrected chi connectivity index (χ4v) is 2.77. The van der Waals surface area contributed by atoms with E-state index in [4.69, 9.17) is 10.7 Å². The van der Waals surface area contributed by atoms with Crippen LogP contribution in [0.3, 0.4) is 0 Å². The second kappa shape index (κ2) is 3.10. The van der Waals surface area contributed by atoms with Gasteiger partial charge in [0.1, 0.15) is 12.8 Å². The van der Waals surface area contributed by atoms with E-state index in [-0.39, 0.29) is 6.42 Å². The first-order valence-corrected chi connectivity index (χ1v) is 5.86. The summed E-state index contributed by atoms with van der Waals surface area (Å²) in [5.74, 6) is 0. The van der Waals surface area contributed by atoms with Crippen molar-refractivity contribution in [3.8, 4) is 0 Å². The van der Waals surface area contributed by atoms with Gasteiger partial charge in [-0.25, -0.2) is 17.2 Å². The van der Waals surface area contributed by atoms with Gasteiger partial charge < -0.3 is 0 Å². The van der Waals surface area contributed by atoms with Crippen molar-refractivity contribution in [2.24, 2.45) is 0 Å². The van der Waals surface area contributed by atoms with E-state index in [0.29, 0.717) is 12.8 Å². The molecule has 0 saturated heterocycles. The third kappa shape index (κ3) is 1.88. The zero-order chi connectivity index (χ0) is 9.41. The predicted molar refractivity (Wildman–Crippen MR) is 42.2 cm³/mol. The monoisotopic (exact) mass is 218 g/mol. The molecule has 0 aromatic heterocycles. The van der Waals surface area contributed by atoms with Crippen LogP contribution in [0.25, 0.3) is 0 Å². The molecule has 6 heteroatoms. The van der Waals surface area contributed by atoms with E-state index >= 15 is 0 Å². The molecular formula is C6H9ClF2O2S. The zero-order valence-electron chi connectivity index (χ0n) is 6.26. The Morgan fingerprint density at radius 3 is 2.25 bits per heavy atom. The Bertz CT molecular complexity index is 261. The summed E-state index contributed by atoms with van der Waals surface area (Å²) in [6.07, 6.45) is -1.32. The van der Waals surface area contributed by atoms with Gasteiger partial charge in [-0.05, 0) is 12.8 Å². The Morgan fingerprint density at radius 2 is 2.00 bits per heavy atom. The van der Waals surface area contributed by atoms with Gasteiger partial charge in [0, 0.05) is 17.1 Å². The quantitative estimate of drug-likeness (QED) is 0.675. The van der Waals surface area contributed by atoms with Crippen molar-refractivity contribution in [1.29, 1.82) is 0 Å². The van der Waals surface area contributed by atoms with Crippen LogP contribution in [0.5, 0.6) is 0 Å². The van der Waals surface area contributed by atoms with Crippen LogP contribution in [0.1, 0.15) is 19.3 Å². The summed E-state index contributed by atoms with van der Waals surface area (Å²) < 4.78 is 44.7. The van der Waals surface area contributed by atoms with Crippen LogP contribution in [0.15, 0.2) is 0 Å². The van der Waals surface area contributed by atoms with Gasteiger partial charge in [-0.15, -0.1) is 0 Å². The third-order valence-electron chi connectivity index (χ3n) is 2.09. The SMILES string of the molecule is O=S(=O)(Cl)C1(CC(F)CF)CC1. The van der Waals surface area contributed by atoms with Gasteiger partial charge in [0.25, 0.3) is 0 Å². The molecule has 0 aromatic rings. The molecule has 0 aliphatic heterocycles. The Morgan fingerprint density at radius 1 is 1.50 bits per heavy atom. The lowest BCUT2D eigenvalue weighted by atomic mass is 10.2. The van der Waals surface area contributed by atoms with Crippen LogP contribution in [0.4, 0.5) is 8.78 Å². The lowest BCUT2D eigenvalue weighted by molar-refractivity contribution is 0.242. The first-order valence-electron chi connectivity index (χ1n) is 3.55. The van der Waals surface area contributed by atoms with E-state index in [1.54, 1.807) is 0 Å². The van der Waals surface area contributed by atoms with Gasteiger partial charge >= 0.3 is 0 Å². The van der Waals surface area contributed by atoms with Gasteiger partial charge in [0.05, 0.1) is 4.75 Å². The third-order valence-corrected chi connectivity index (χ3v) is 4.68. The molecular weight excluding hydrogens is 210 g/mol. The summed E-state index contributed by atoms with van der Waals surface area (Å²) in [4.78, 5) is 0. The standard InChI is InChI=1S/C6H9ClF2O2S/c7-12(10,11)6(1-2-6)3-5(9)4-8/h5H,1-4H2. The highest BCUT2D eigenvalue weighted by atomic mass is 35.7. The Kier molecular flexibility index (Phi) is 2.63. The molecule has 0 spiro atoms. The Balaban J connectivity index is 2.63. The molecule has 72 valence electrons. The predicted octanol–water partition coefficient (Wildman–Crippen LogP) is 1.79. The highest BCUT2D eigenvalue weighted by Crippen LogP contribution is 2.49.